The Bertz CT molecular complexity index is 631. The Hall–Kier alpha value is -1.99. The topological polar surface area (TPSA) is 41.6 Å². The Morgan fingerprint density at radius 3 is 2.50 bits per heavy atom. The van der Waals surface area contributed by atoms with Crippen molar-refractivity contribution in [2.45, 2.75) is 19.1 Å². The molecule has 0 saturated heterocycles. The van der Waals surface area contributed by atoms with Crippen LogP contribution in [0.15, 0.2) is 41.8 Å². The number of benzene rings is 1. The standard InChI is InChI=1S/C17H20F2N2O2S/c1-21(2)14(15-4-3-9-24-15)11-20-16(22)10-12-5-7-13(8-6-12)23-17(18)19/h3-9,14,17H,10-11H2,1-2H3,(H,20,22). The minimum absolute atomic E-state index is 0.0829. The first kappa shape index (κ1) is 18.4. The summed E-state index contributed by atoms with van der Waals surface area (Å²) in [5.74, 6) is -0.0274. The van der Waals surface area contributed by atoms with Gasteiger partial charge in [-0.15, -0.1) is 11.3 Å². The summed E-state index contributed by atoms with van der Waals surface area (Å²) in [6, 6.07) is 10.2. The van der Waals surface area contributed by atoms with E-state index in [1.165, 1.54) is 17.0 Å². The first-order chi connectivity index (χ1) is 11.5. The van der Waals surface area contributed by atoms with Crippen LogP contribution in [-0.2, 0) is 11.2 Å². The predicted molar refractivity (Wildman–Crippen MR) is 90.5 cm³/mol. The molecule has 0 bridgehead atoms. The Morgan fingerprint density at radius 1 is 1.25 bits per heavy atom. The number of likely N-dealkylation sites (N-methyl/N-ethyl adjacent to an activating group) is 1. The van der Waals surface area contributed by atoms with E-state index < -0.39 is 6.61 Å². The molecular formula is C17H20F2N2O2S. The van der Waals surface area contributed by atoms with E-state index in [-0.39, 0.29) is 24.1 Å². The summed E-state index contributed by atoms with van der Waals surface area (Å²) in [6.07, 6.45) is 0.194. The Kier molecular flexibility index (Phi) is 6.69. The van der Waals surface area contributed by atoms with Crippen LogP contribution < -0.4 is 10.1 Å². The van der Waals surface area contributed by atoms with Crippen molar-refractivity contribution in [3.8, 4) is 5.75 Å². The van der Waals surface area contributed by atoms with Gasteiger partial charge in [0.2, 0.25) is 5.91 Å². The fourth-order valence-electron chi connectivity index (χ4n) is 2.27. The van der Waals surface area contributed by atoms with Crippen molar-refractivity contribution in [1.82, 2.24) is 10.2 Å². The third-order valence-electron chi connectivity index (χ3n) is 3.50. The maximum atomic E-state index is 12.1. The quantitative estimate of drug-likeness (QED) is 0.791. The van der Waals surface area contributed by atoms with Gasteiger partial charge in [-0.25, -0.2) is 0 Å². The van der Waals surface area contributed by atoms with Gasteiger partial charge in [0.1, 0.15) is 5.75 Å². The number of nitrogens with one attached hydrogen (secondary N) is 1. The molecule has 0 radical (unpaired) electrons. The third-order valence-corrected chi connectivity index (χ3v) is 4.47. The first-order valence-electron chi connectivity index (χ1n) is 7.46. The smallest absolute Gasteiger partial charge is 0.387 e. The molecule has 0 saturated carbocycles. The minimum atomic E-state index is -2.85. The van der Waals surface area contributed by atoms with Crippen LogP contribution in [0.25, 0.3) is 0 Å². The van der Waals surface area contributed by atoms with Gasteiger partial charge in [0.15, 0.2) is 0 Å². The number of alkyl halides is 2. The lowest BCUT2D eigenvalue weighted by Crippen LogP contribution is -2.34. The lowest BCUT2D eigenvalue weighted by molar-refractivity contribution is -0.120. The van der Waals surface area contributed by atoms with Gasteiger partial charge in [-0.3, -0.25) is 4.79 Å². The van der Waals surface area contributed by atoms with Gasteiger partial charge in [-0.2, -0.15) is 8.78 Å². The number of carbonyl (C=O) groups is 1. The molecule has 1 unspecified atom stereocenters. The second-order valence-corrected chi connectivity index (χ2v) is 6.48. The highest BCUT2D eigenvalue weighted by Crippen LogP contribution is 2.22. The summed E-state index contributed by atoms with van der Waals surface area (Å²) in [4.78, 5) is 15.3. The molecule has 1 aromatic carbocycles. The van der Waals surface area contributed by atoms with Gasteiger partial charge in [0.05, 0.1) is 12.5 Å². The van der Waals surface area contributed by atoms with Crippen LogP contribution in [0.1, 0.15) is 16.5 Å². The van der Waals surface area contributed by atoms with Crippen LogP contribution in [0.4, 0.5) is 8.78 Å². The fourth-order valence-corrected chi connectivity index (χ4v) is 3.19. The third kappa shape index (κ3) is 5.58. The van der Waals surface area contributed by atoms with Crippen LogP contribution in [-0.4, -0.2) is 38.1 Å². The normalized spacial score (nSPS) is 12.4. The summed E-state index contributed by atoms with van der Waals surface area (Å²) in [5, 5.41) is 4.93. The number of nitrogens with zero attached hydrogens (tertiary/aromatic N) is 1. The van der Waals surface area contributed by atoms with E-state index in [9.17, 15) is 13.6 Å². The van der Waals surface area contributed by atoms with E-state index in [0.29, 0.717) is 6.54 Å². The average molecular weight is 354 g/mol. The summed E-state index contributed by atoms with van der Waals surface area (Å²) >= 11 is 1.65. The van der Waals surface area contributed by atoms with Crippen molar-refractivity contribution in [2.75, 3.05) is 20.6 Å². The highest BCUT2D eigenvalue weighted by molar-refractivity contribution is 7.10. The van der Waals surface area contributed by atoms with E-state index in [4.69, 9.17) is 0 Å². The molecule has 0 aliphatic heterocycles. The van der Waals surface area contributed by atoms with E-state index in [0.717, 1.165) is 5.56 Å². The number of rotatable bonds is 8. The van der Waals surface area contributed by atoms with Crippen molar-refractivity contribution in [3.63, 3.8) is 0 Å². The molecule has 1 N–H and O–H groups in total. The number of hydrogen-bond donors (Lipinski definition) is 1. The van der Waals surface area contributed by atoms with Crippen molar-refractivity contribution in [1.29, 1.82) is 0 Å². The second-order valence-electron chi connectivity index (χ2n) is 5.50. The summed E-state index contributed by atoms with van der Waals surface area (Å²) in [5.41, 5.74) is 0.742. The van der Waals surface area contributed by atoms with E-state index in [2.05, 4.69) is 15.0 Å². The number of halogens is 2. The molecule has 24 heavy (non-hydrogen) atoms. The molecule has 1 amide bonds. The lowest BCUT2D eigenvalue weighted by atomic mass is 10.1. The van der Waals surface area contributed by atoms with E-state index in [1.54, 1.807) is 23.5 Å². The predicted octanol–water partition coefficient (Wildman–Crippen LogP) is 3.31. The summed E-state index contributed by atoms with van der Waals surface area (Å²) in [6.45, 7) is -2.33. The van der Waals surface area contributed by atoms with Crippen molar-refractivity contribution >= 4 is 17.2 Å². The molecule has 130 valence electrons. The van der Waals surface area contributed by atoms with Crippen LogP contribution in [0.3, 0.4) is 0 Å². The largest absolute Gasteiger partial charge is 0.435 e. The maximum Gasteiger partial charge on any atom is 0.387 e. The monoisotopic (exact) mass is 354 g/mol. The maximum absolute atomic E-state index is 12.1. The fraction of sp³-hybridized carbons (Fsp3) is 0.353. The van der Waals surface area contributed by atoms with Crippen LogP contribution in [0.5, 0.6) is 5.75 Å². The Labute approximate surface area is 144 Å². The van der Waals surface area contributed by atoms with Crippen LogP contribution in [0.2, 0.25) is 0 Å². The molecule has 0 fully saturated rings. The van der Waals surface area contributed by atoms with Crippen molar-refractivity contribution in [3.05, 3.63) is 52.2 Å². The van der Waals surface area contributed by atoms with E-state index in [1.807, 2.05) is 31.6 Å². The molecule has 1 aromatic heterocycles. The highest BCUT2D eigenvalue weighted by Gasteiger charge is 2.16. The zero-order chi connectivity index (χ0) is 17.5. The van der Waals surface area contributed by atoms with Gasteiger partial charge in [-0.1, -0.05) is 18.2 Å². The Morgan fingerprint density at radius 2 is 1.96 bits per heavy atom. The molecule has 2 rings (SSSR count). The number of thiophene rings is 1. The van der Waals surface area contributed by atoms with Crippen molar-refractivity contribution in [2.24, 2.45) is 0 Å². The molecule has 2 aromatic rings. The summed E-state index contributed by atoms with van der Waals surface area (Å²) < 4.78 is 28.5. The lowest BCUT2D eigenvalue weighted by Gasteiger charge is -2.23. The van der Waals surface area contributed by atoms with Crippen LogP contribution >= 0.6 is 11.3 Å². The molecule has 0 spiro atoms. The number of hydrogen-bond acceptors (Lipinski definition) is 4. The number of amides is 1. The van der Waals surface area contributed by atoms with Gasteiger partial charge in [0.25, 0.3) is 0 Å². The summed E-state index contributed by atoms with van der Waals surface area (Å²) in [7, 11) is 3.94. The van der Waals surface area contributed by atoms with Gasteiger partial charge in [-0.05, 0) is 43.2 Å². The molecule has 0 aliphatic rings. The highest BCUT2D eigenvalue weighted by atomic mass is 32.1. The average Bonchev–Trinajstić information content (AvgIpc) is 3.02. The zero-order valence-corrected chi connectivity index (χ0v) is 14.4. The number of carbonyl (C=O) groups excluding carboxylic acids is 1. The molecule has 7 heteroatoms. The van der Waals surface area contributed by atoms with Crippen molar-refractivity contribution < 1.29 is 18.3 Å². The Balaban J connectivity index is 1.86. The van der Waals surface area contributed by atoms with Gasteiger partial charge in [0, 0.05) is 11.4 Å². The minimum Gasteiger partial charge on any atom is -0.435 e. The molecular weight excluding hydrogens is 334 g/mol. The first-order valence-corrected chi connectivity index (χ1v) is 8.34. The van der Waals surface area contributed by atoms with E-state index >= 15 is 0 Å². The molecule has 1 atom stereocenters. The SMILES string of the molecule is CN(C)C(CNC(=O)Cc1ccc(OC(F)F)cc1)c1cccs1. The van der Waals surface area contributed by atoms with Gasteiger partial charge < -0.3 is 15.0 Å². The number of ether oxygens (including phenoxy) is 1. The molecule has 0 aliphatic carbocycles. The van der Waals surface area contributed by atoms with Gasteiger partial charge >= 0.3 is 6.61 Å². The zero-order valence-electron chi connectivity index (χ0n) is 13.5. The van der Waals surface area contributed by atoms with Crippen LogP contribution in [0, 0.1) is 0 Å². The molecule has 1 heterocycles. The second kappa shape index (κ2) is 8.75. The molecule has 4 nitrogen and oxygen atoms in total.